The van der Waals surface area contributed by atoms with Gasteiger partial charge in [-0.05, 0) is 31.6 Å². The van der Waals surface area contributed by atoms with Crippen molar-refractivity contribution in [2.24, 2.45) is 5.92 Å². The normalized spacial score (nSPS) is 12.4. The number of esters is 1. The van der Waals surface area contributed by atoms with E-state index in [9.17, 15) is 9.59 Å². The Hall–Kier alpha value is -1.32. The third-order valence-electron chi connectivity index (χ3n) is 4.50. The smallest absolute Gasteiger partial charge is 0.305 e. The van der Waals surface area contributed by atoms with E-state index in [1.165, 1.54) is 32.8 Å². The van der Waals surface area contributed by atoms with E-state index in [2.05, 4.69) is 23.8 Å². The number of hydrogen-bond donors (Lipinski definition) is 1. The molecule has 4 nitrogen and oxygen atoms in total. The lowest BCUT2D eigenvalue weighted by atomic mass is 9.96. The topological polar surface area (TPSA) is 63.6 Å². The average molecular weight is 355 g/mol. The number of ether oxygens (including phenoxy) is 1. The largest absolute Gasteiger partial charge is 0.481 e. The predicted molar refractivity (Wildman–Crippen MR) is 103 cm³/mol. The molecule has 0 bridgehead atoms. The van der Waals surface area contributed by atoms with Crippen molar-refractivity contribution in [1.82, 2.24) is 0 Å². The molecule has 0 fully saturated rings. The Labute approximate surface area is 154 Å². The summed E-state index contributed by atoms with van der Waals surface area (Å²) < 4.78 is 4.62. The lowest BCUT2D eigenvalue weighted by Gasteiger charge is -2.10. The van der Waals surface area contributed by atoms with Crippen molar-refractivity contribution in [3.8, 4) is 0 Å². The van der Waals surface area contributed by atoms with Gasteiger partial charge >= 0.3 is 11.9 Å². The van der Waals surface area contributed by atoms with Crippen molar-refractivity contribution in [3.05, 3.63) is 12.2 Å². The van der Waals surface area contributed by atoms with Crippen molar-refractivity contribution in [3.63, 3.8) is 0 Å². The van der Waals surface area contributed by atoms with Crippen molar-refractivity contribution >= 4 is 11.9 Å². The van der Waals surface area contributed by atoms with E-state index in [1.807, 2.05) is 0 Å². The van der Waals surface area contributed by atoms with E-state index in [1.54, 1.807) is 0 Å². The third kappa shape index (κ3) is 17.3. The van der Waals surface area contributed by atoms with Crippen LogP contribution in [0.4, 0.5) is 0 Å². The van der Waals surface area contributed by atoms with Gasteiger partial charge in [-0.1, -0.05) is 70.4 Å². The number of carbonyl (C=O) groups is 2. The molecule has 0 aromatic carbocycles. The van der Waals surface area contributed by atoms with Crippen LogP contribution in [0.15, 0.2) is 12.2 Å². The molecule has 4 heteroatoms. The molecule has 0 aliphatic heterocycles. The van der Waals surface area contributed by atoms with Gasteiger partial charge in [-0.3, -0.25) is 9.59 Å². The second-order valence-corrected chi connectivity index (χ2v) is 6.87. The molecule has 0 aromatic heterocycles. The molecule has 0 amide bonds. The molecule has 1 unspecified atom stereocenters. The standard InChI is InChI=1S/C21H38O4/c1-3-4-5-9-12-15-19(18-20(22)23)16-13-10-7-6-8-11-14-17-21(24)25-2/h13,16,19H,3-12,14-15,17-18H2,1-2H3,(H,22,23). The third-order valence-corrected chi connectivity index (χ3v) is 4.50. The molecule has 146 valence electrons. The molecule has 0 spiro atoms. The number of carboxylic acids is 1. The van der Waals surface area contributed by atoms with Gasteiger partial charge in [0.1, 0.15) is 0 Å². The van der Waals surface area contributed by atoms with Crippen LogP contribution in [0.5, 0.6) is 0 Å². The van der Waals surface area contributed by atoms with Crippen LogP contribution in [0.25, 0.3) is 0 Å². The first-order chi connectivity index (χ1) is 12.1. The number of methoxy groups -OCH3 is 1. The van der Waals surface area contributed by atoms with Gasteiger partial charge in [-0.2, -0.15) is 0 Å². The van der Waals surface area contributed by atoms with Crippen molar-refractivity contribution in [1.29, 1.82) is 0 Å². The summed E-state index contributed by atoms with van der Waals surface area (Å²) in [4.78, 5) is 22.0. The van der Waals surface area contributed by atoms with Crippen LogP contribution in [0.3, 0.4) is 0 Å². The molecule has 1 atom stereocenters. The van der Waals surface area contributed by atoms with E-state index in [-0.39, 0.29) is 18.3 Å². The Morgan fingerprint density at radius 2 is 1.60 bits per heavy atom. The summed E-state index contributed by atoms with van der Waals surface area (Å²) in [6.07, 6.45) is 18.6. The number of aliphatic carboxylic acids is 1. The van der Waals surface area contributed by atoms with Gasteiger partial charge in [0.25, 0.3) is 0 Å². The van der Waals surface area contributed by atoms with E-state index >= 15 is 0 Å². The minimum Gasteiger partial charge on any atom is -0.481 e. The van der Waals surface area contributed by atoms with Crippen LogP contribution in [0, 0.1) is 5.92 Å². The van der Waals surface area contributed by atoms with Crippen LogP contribution in [-0.4, -0.2) is 24.2 Å². The zero-order valence-electron chi connectivity index (χ0n) is 16.3. The summed E-state index contributed by atoms with van der Waals surface area (Å²) in [6, 6.07) is 0. The first-order valence-electron chi connectivity index (χ1n) is 10.0. The minimum absolute atomic E-state index is 0.123. The molecule has 1 N–H and O–H groups in total. The quantitative estimate of drug-likeness (QED) is 0.201. The van der Waals surface area contributed by atoms with E-state index in [0.29, 0.717) is 6.42 Å². The Morgan fingerprint density at radius 3 is 2.28 bits per heavy atom. The summed E-state index contributed by atoms with van der Waals surface area (Å²) >= 11 is 0. The number of carbonyl (C=O) groups excluding carboxylic acids is 1. The average Bonchev–Trinajstić information content (AvgIpc) is 2.58. The van der Waals surface area contributed by atoms with Gasteiger partial charge in [0.2, 0.25) is 0 Å². The van der Waals surface area contributed by atoms with Crippen molar-refractivity contribution in [2.75, 3.05) is 7.11 Å². The summed E-state index contributed by atoms with van der Waals surface area (Å²) in [5.74, 6) is -0.643. The van der Waals surface area contributed by atoms with Gasteiger partial charge in [0.15, 0.2) is 0 Å². The fraction of sp³-hybridized carbons (Fsp3) is 0.810. The molecule has 0 saturated carbocycles. The van der Waals surface area contributed by atoms with E-state index < -0.39 is 5.97 Å². The molecular formula is C21H38O4. The highest BCUT2D eigenvalue weighted by Crippen LogP contribution is 2.17. The molecule has 0 saturated heterocycles. The van der Waals surface area contributed by atoms with E-state index in [4.69, 9.17) is 5.11 Å². The second-order valence-electron chi connectivity index (χ2n) is 6.87. The van der Waals surface area contributed by atoms with E-state index in [0.717, 1.165) is 51.4 Å². The molecule has 0 rings (SSSR count). The minimum atomic E-state index is -0.700. The van der Waals surface area contributed by atoms with Crippen LogP contribution < -0.4 is 0 Å². The van der Waals surface area contributed by atoms with Crippen LogP contribution >= 0.6 is 0 Å². The lowest BCUT2D eigenvalue weighted by molar-refractivity contribution is -0.141. The number of unbranched alkanes of at least 4 members (excludes halogenated alkanes) is 9. The summed E-state index contributed by atoms with van der Waals surface area (Å²) in [6.45, 7) is 2.20. The fourth-order valence-electron chi connectivity index (χ4n) is 2.95. The first kappa shape index (κ1) is 23.7. The van der Waals surface area contributed by atoms with Gasteiger partial charge in [0, 0.05) is 6.42 Å². The fourth-order valence-corrected chi connectivity index (χ4v) is 2.95. The maximum atomic E-state index is 11.0. The zero-order valence-corrected chi connectivity index (χ0v) is 16.3. The van der Waals surface area contributed by atoms with Gasteiger partial charge < -0.3 is 9.84 Å². The number of allylic oxidation sites excluding steroid dienone is 2. The van der Waals surface area contributed by atoms with Crippen molar-refractivity contribution in [2.45, 2.75) is 96.8 Å². The highest BCUT2D eigenvalue weighted by atomic mass is 16.5. The second kappa shape index (κ2) is 17.5. The molecular weight excluding hydrogens is 316 g/mol. The summed E-state index contributed by atoms with van der Waals surface area (Å²) in [5, 5.41) is 9.04. The van der Waals surface area contributed by atoms with Gasteiger partial charge in [0.05, 0.1) is 13.5 Å². The Kier molecular flexibility index (Phi) is 16.6. The zero-order chi connectivity index (χ0) is 18.8. The lowest BCUT2D eigenvalue weighted by Crippen LogP contribution is -2.05. The highest BCUT2D eigenvalue weighted by molar-refractivity contribution is 5.69. The molecule has 0 heterocycles. The maximum Gasteiger partial charge on any atom is 0.305 e. The number of hydrogen-bond acceptors (Lipinski definition) is 3. The SMILES string of the molecule is CCCCCCCC(C=CCCCCCCCC(=O)OC)CC(=O)O. The Bertz CT molecular complexity index is 363. The highest BCUT2D eigenvalue weighted by Gasteiger charge is 2.09. The maximum absolute atomic E-state index is 11.0. The summed E-state index contributed by atoms with van der Waals surface area (Å²) in [7, 11) is 1.43. The van der Waals surface area contributed by atoms with Gasteiger partial charge in [-0.15, -0.1) is 0 Å². The monoisotopic (exact) mass is 354 g/mol. The molecule has 0 aliphatic rings. The Morgan fingerprint density at radius 1 is 0.960 bits per heavy atom. The summed E-state index contributed by atoms with van der Waals surface area (Å²) in [5.41, 5.74) is 0. The van der Waals surface area contributed by atoms with Crippen molar-refractivity contribution < 1.29 is 19.4 Å². The predicted octanol–water partition coefficient (Wildman–Crippen LogP) is 5.90. The van der Waals surface area contributed by atoms with Gasteiger partial charge in [-0.25, -0.2) is 0 Å². The molecule has 0 radical (unpaired) electrons. The number of carboxylic acid groups (broad SMARTS) is 1. The Balaban J connectivity index is 3.75. The molecule has 0 aromatic rings. The molecule has 25 heavy (non-hydrogen) atoms. The molecule has 0 aliphatic carbocycles. The van der Waals surface area contributed by atoms with Crippen LogP contribution in [0.1, 0.15) is 96.8 Å². The van der Waals surface area contributed by atoms with Crippen LogP contribution in [0.2, 0.25) is 0 Å². The van der Waals surface area contributed by atoms with Crippen LogP contribution in [-0.2, 0) is 14.3 Å². The first-order valence-corrected chi connectivity index (χ1v) is 10.0. The number of rotatable bonds is 17.